The van der Waals surface area contributed by atoms with Gasteiger partial charge in [0.15, 0.2) is 5.82 Å². The molecule has 2 rings (SSSR count). The van der Waals surface area contributed by atoms with Crippen molar-refractivity contribution >= 4 is 17.7 Å². The topological polar surface area (TPSA) is 110 Å². The van der Waals surface area contributed by atoms with Crippen LogP contribution in [0.2, 0.25) is 0 Å². The third kappa shape index (κ3) is 3.72. The number of rotatable bonds is 7. The van der Waals surface area contributed by atoms with Gasteiger partial charge in [-0.15, -0.1) is 0 Å². The second kappa shape index (κ2) is 6.88. The maximum absolute atomic E-state index is 12.0. The predicted molar refractivity (Wildman–Crippen MR) is 77.6 cm³/mol. The Kier molecular flexibility index (Phi) is 4.92. The number of amides is 1. The average molecular weight is 306 g/mol. The summed E-state index contributed by atoms with van der Waals surface area (Å²) in [5, 5.41) is 19.1. The van der Waals surface area contributed by atoms with E-state index in [1.807, 2.05) is 0 Å². The second-order valence-electron chi connectivity index (χ2n) is 4.88. The van der Waals surface area contributed by atoms with Gasteiger partial charge in [-0.25, -0.2) is 0 Å². The van der Waals surface area contributed by atoms with E-state index >= 15 is 0 Å². The molecule has 118 valence electrons. The van der Waals surface area contributed by atoms with Crippen LogP contribution in [0.5, 0.6) is 0 Å². The van der Waals surface area contributed by atoms with Crippen molar-refractivity contribution in [3.8, 4) is 0 Å². The Hall–Kier alpha value is -2.64. The van der Waals surface area contributed by atoms with E-state index in [2.05, 4.69) is 29.4 Å². The predicted octanol–water partition coefficient (Wildman–Crippen LogP) is 2.11. The zero-order valence-electron chi connectivity index (χ0n) is 12.4. The zero-order chi connectivity index (χ0) is 16.1. The van der Waals surface area contributed by atoms with Crippen molar-refractivity contribution in [3.05, 3.63) is 29.8 Å². The fourth-order valence-corrected chi connectivity index (χ4v) is 2.13. The van der Waals surface area contributed by atoms with E-state index in [0.717, 1.165) is 18.5 Å². The van der Waals surface area contributed by atoms with Gasteiger partial charge in [-0.1, -0.05) is 19.0 Å². The molecule has 2 aromatic rings. The van der Waals surface area contributed by atoms with Gasteiger partial charge in [0.1, 0.15) is 6.54 Å². The molecular formula is C14H18N4O4. The van der Waals surface area contributed by atoms with Gasteiger partial charge >= 0.3 is 5.97 Å². The second-order valence-corrected chi connectivity index (χ2v) is 4.88. The minimum absolute atomic E-state index is 0.106. The van der Waals surface area contributed by atoms with Crippen molar-refractivity contribution in [2.75, 3.05) is 5.32 Å². The van der Waals surface area contributed by atoms with Crippen LogP contribution in [0.3, 0.4) is 0 Å². The molecule has 0 spiro atoms. The van der Waals surface area contributed by atoms with Crippen LogP contribution in [0.25, 0.3) is 0 Å². The summed E-state index contributed by atoms with van der Waals surface area (Å²) in [7, 11) is 0. The first-order valence-corrected chi connectivity index (χ1v) is 7.06. The van der Waals surface area contributed by atoms with Crippen molar-refractivity contribution in [1.82, 2.24) is 14.9 Å². The maximum Gasteiger partial charge on any atom is 0.325 e. The first-order chi connectivity index (χ1) is 10.5. The molecule has 0 unspecified atom stereocenters. The Morgan fingerprint density at radius 3 is 2.77 bits per heavy atom. The molecule has 0 aliphatic carbocycles. The smallest absolute Gasteiger partial charge is 0.325 e. The fourth-order valence-electron chi connectivity index (χ4n) is 2.13. The summed E-state index contributed by atoms with van der Waals surface area (Å²) in [6, 6.07) is 3.14. The number of carboxylic acids is 1. The molecular weight excluding hydrogens is 288 g/mol. The summed E-state index contributed by atoms with van der Waals surface area (Å²) in [4.78, 5) is 22.6. The molecule has 0 bridgehead atoms. The molecule has 0 saturated heterocycles. The summed E-state index contributed by atoms with van der Waals surface area (Å²) in [5.41, 5.74) is 0.756. The van der Waals surface area contributed by atoms with Crippen molar-refractivity contribution in [2.45, 2.75) is 39.2 Å². The number of nitrogens with zero attached hydrogens (tertiary/aromatic N) is 3. The monoisotopic (exact) mass is 306 g/mol. The number of carbonyl (C=O) groups is 2. The zero-order valence-corrected chi connectivity index (χ0v) is 12.4. The quantitative estimate of drug-likeness (QED) is 0.810. The number of aliphatic carboxylic acids is 1. The molecule has 2 heterocycles. The highest BCUT2D eigenvalue weighted by Gasteiger charge is 2.18. The lowest BCUT2D eigenvalue weighted by Crippen LogP contribution is -2.13. The lowest BCUT2D eigenvalue weighted by atomic mass is 9.99. The number of hydrogen-bond acceptors (Lipinski definition) is 5. The maximum atomic E-state index is 12.0. The van der Waals surface area contributed by atoms with E-state index < -0.39 is 11.9 Å². The molecule has 0 saturated carbocycles. The van der Waals surface area contributed by atoms with Crippen molar-refractivity contribution in [3.63, 3.8) is 0 Å². The van der Waals surface area contributed by atoms with E-state index in [9.17, 15) is 9.59 Å². The highest BCUT2D eigenvalue weighted by atomic mass is 16.5. The first-order valence-electron chi connectivity index (χ1n) is 7.06. The van der Waals surface area contributed by atoms with Gasteiger partial charge in [-0.2, -0.15) is 5.10 Å². The van der Waals surface area contributed by atoms with E-state index in [1.165, 1.54) is 16.9 Å². The standard InChI is InChI=1S/C14H18N4O4/c1-3-9(4-2)10-7-11(22-17-10)14(21)15-12-5-6-18(16-12)8-13(19)20/h5-7,9H,3-4,8H2,1-2H3,(H,19,20)(H,15,16,21). The number of carbonyl (C=O) groups excluding carboxylic acids is 1. The Morgan fingerprint density at radius 1 is 1.41 bits per heavy atom. The SMILES string of the molecule is CCC(CC)c1cc(C(=O)Nc2ccn(CC(=O)O)n2)on1. The van der Waals surface area contributed by atoms with E-state index in [1.54, 1.807) is 6.07 Å². The van der Waals surface area contributed by atoms with E-state index in [-0.39, 0.29) is 24.0 Å². The number of anilines is 1. The average Bonchev–Trinajstić information content (AvgIpc) is 3.09. The van der Waals surface area contributed by atoms with Gasteiger partial charge in [-0.05, 0) is 12.8 Å². The van der Waals surface area contributed by atoms with Gasteiger partial charge < -0.3 is 14.9 Å². The number of aromatic nitrogens is 3. The Balaban J connectivity index is 2.03. The van der Waals surface area contributed by atoms with E-state index in [4.69, 9.17) is 9.63 Å². The molecule has 0 atom stereocenters. The fraction of sp³-hybridized carbons (Fsp3) is 0.429. The van der Waals surface area contributed by atoms with Crippen molar-refractivity contribution in [1.29, 1.82) is 0 Å². The van der Waals surface area contributed by atoms with Crippen LogP contribution in [-0.2, 0) is 11.3 Å². The van der Waals surface area contributed by atoms with Crippen LogP contribution in [0, 0.1) is 0 Å². The third-order valence-electron chi connectivity index (χ3n) is 3.34. The third-order valence-corrected chi connectivity index (χ3v) is 3.34. The van der Waals surface area contributed by atoms with Crippen LogP contribution in [0.4, 0.5) is 5.82 Å². The van der Waals surface area contributed by atoms with Crippen molar-refractivity contribution in [2.24, 2.45) is 0 Å². The molecule has 2 N–H and O–H groups in total. The normalized spacial score (nSPS) is 10.9. The largest absolute Gasteiger partial charge is 0.480 e. The minimum Gasteiger partial charge on any atom is -0.480 e. The summed E-state index contributed by atoms with van der Waals surface area (Å²) < 4.78 is 6.28. The number of nitrogens with one attached hydrogen (secondary N) is 1. The minimum atomic E-state index is -1.01. The molecule has 0 aliphatic rings. The highest BCUT2D eigenvalue weighted by Crippen LogP contribution is 2.22. The van der Waals surface area contributed by atoms with Crippen LogP contribution in [0.15, 0.2) is 22.9 Å². The first kappa shape index (κ1) is 15.7. The van der Waals surface area contributed by atoms with Gasteiger partial charge in [0.25, 0.3) is 5.91 Å². The van der Waals surface area contributed by atoms with Crippen molar-refractivity contribution < 1.29 is 19.2 Å². The van der Waals surface area contributed by atoms with Crippen LogP contribution >= 0.6 is 0 Å². The number of hydrogen-bond donors (Lipinski definition) is 2. The van der Waals surface area contributed by atoms with Gasteiger partial charge in [0, 0.05) is 24.2 Å². The Labute approximate surface area is 127 Å². The van der Waals surface area contributed by atoms with Gasteiger partial charge in [0.2, 0.25) is 5.76 Å². The molecule has 0 fully saturated rings. The van der Waals surface area contributed by atoms with Crippen LogP contribution in [-0.4, -0.2) is 31.9 Å². The number of carboxylic acid groups (broad SMARTS) is 1. The summed E-state index contributed by atoms with van der Waals surface area (Å²) in [5.74, 6) is -0.849. The summed E-state index contributed by atoms with van der Waals surface area (Å²) in [6.07, 6.45) is 3.31. The molecule has 22 heavy (non-hydrogen) atoms. The molecule has 8 heteroatoms. The van der Waals surface area contributed by atoms with Gasteiger partial charge in [-0.3, -0.25) is 14.3 Å². The van der Waals surface area contributed by atoms with Gasteiger partial charge in [0.05, 0.1) is 5.69 Å². The molecule has 8 nitrogen and oxygen atoms in total. The Morgan fingerprint density at radius 2 is 2.14 bits per heavy atom. The van der Waals surface area contributed by atoms with Crippen LogP contribution < -0.4 is 5.32 Å². The summed E-state index contributed by atoms with van der Waals surface area (Å²) >= 11 is 0. The molecule has 0 radical (unpaired) electrons. The molecule has 1 amide bonds. The van der Waals surface area contributed by atoms with Crippen LogP contribution in [0.1, 0.15) is 48.9 Å². The highest BCUT2D eigenvalue weighted by molar-refractivity contribution is 6.01. The lowest BCUT2D eigenvalue weighted by Gasteiger charge is -2.05. The lowest BCUT2D eigenvalue weighted by molar-refractivity contribution is -0.137. The van der Waals surface area contributed by atoms with E-state index in [0.29, 0.717) is 0 Å². The Bertz CT molecular complexity index is 657. The molecule has 0 aromatic carbocycles. The molecule has 2 aromatic heterocycles. The molecule has 0 aliphatic heterocycles. The summed E-state index contributed by atoms with van der Waals surface area (Å²) in [6.45, 7) is 3.84.